The summed E-state index contributed by atoms with van der Waals surface area (Å²) in [5.41, 5.74) is 0.620. The van der Waals surface area contributed by atoms with Crippen LogP contribution in [-0.2, 0) is 0 Å². The molecule has 2 saturated heterocycles. The van der Waals surface area contributed by atoms with Gasteiger partial charge >= 0.3 is 6.01 Å². The van der Waals surface area contributed by atoms with Gasteiger partial charge in [0.15, 0.2) is 0 Å². The van der Waals surface area contributed by atoms with E-state index in [4.69, 9.17) is 12.6 Å². The largest absolute Gasteiger partial charge is 0.461 e. The van der Waals surface area contributed by atoms with E-state index in [1.165, 1.54) is 11.8 Å². The highest BCUT2D eigenvalue weighted by Gasteiger charge is 2.49. The lowest BCUT2D eigenvalue weighted by atomic mass is 9.89. The first-order chi connectivity index (χ1) is 12.4. The van der Waals surface area contributed by atoms with Gasteiger partial charge in [-0.05, 0) is 38.6 Å². The zero-order chi connectivity index (χ0) is 18.5. The Kier molecular flexibility index (Phi) is 4.59. The van der Waals surface area contributed by atoms with Gasteiger partial charge in [-0.1, -0.05) is 11.0 Å². The molecule has 1 unspecified atom stereocenters. The van der Waals surface area contributed by atoms with Gasteiger partial charge in [0, 0.05) is 18.4 Å². The predicted octanol–water partition coefficient (Wildman–Crippen LogP) is 2.55. The molecule has 0 bridgehead atoms. The number of aryl methyl sites for hydroxylation is 1. The maximum Gasteiger partial charge on any atom is 0.318 e. The monoisotopic (exact) mass is 375 g/mol. The highest BCUT2D eigenvalue weighted by Crippen LogP contribution is 2.40. The number of alkyl halides is 1. The highest BCUT2D eigenvalue weighted by atomic mass is 32.2. The number of benzene rings is 1. The second-order valence-electron chi connectivity index (χ2n) is 7.20. The smallest absolute Gasteiger partial charge is 0.318 e. The third-order valence-electron chi connectivity index (χ3n) is 5.54. The first kappa shape index (κ1) is 18.0. The van der Waals surface area contributed by atoms with Crippen LogP contribution in [0.15, 0.2) is 11.1 Å². The summed E-state index contributed by atoms with van der Waals surface area (Å²) in [6, 6.07) is 1.92. The molecule has 1 aromatic heterocycles. The molecule has 2 aliphatic heterocycles. The van der Waals surface area contributed by atoms with Crippen LogP contribution >= 0.6 is 11.8 Å². The van der Waals surface area contributed by atoms with E-state index in [2.05, 4.69) is 14.9 Å². The van der Waals surface area contributed by atoms with Crippen LogP contribution in [0.5, 0.6) is 6.01 Å². The molecule has 136 valence electrons. The predicted molar refractivity (Wildman–Crippen MR) is 99.9 cm³/mol. The van der Waals surface area contributed by atoms with Crippen LogP contribution in [0.3, 0.4) is 0 Å². The van der Waals surface area contributed by atoms with Crippen molar-refractivity contribution in [2.75, 3.05) is 26.0 Å². The summed E-state index contributed by atoms with van der Waals surface area (Å²) in [5, 5.41) is 1.27. The number of rotatable bonds is 4. The molecule has 4 rings (SSSR count). The van der Waals surface area contributed by atoms with Crippen LogP contribution in [0.4, 0.5) is 8.78 Å². The summed E-state index contributed by atoms with van der Waals surface area (Å²) in [5.74, 6) is -0.548. The molecular formula is C18H20BF2N3OS. The summed E-state index contributed by atoms with van der Waals surface area (Å²) >= 11 is 1.40. The van der Waals surface area contributed by atoms with E-state index >= 15 is 0 Å². The second-order valence-corrected chi connectivity index (χ2v) is 7.99. The summed E-state index contributed by atoms with van der Waals surface area (Å²) in [7, 11) is 5.82. The van der Waals surface area contributed by atoms with Gasteiger partial charge in [0.2, 0.25) is 0 Å². The molecule has 2 aromatic rings. The summed E-state index contributed by atoms with van der Waals surface area (Å²) in [4.78, 5) is 10.9. The molecule has 3 heterocycles. The molecular weight excluding hydrogens is 355 g/mol. The standard InChI is InChI=1S/C18H20BF2N3OS/c1-10-6-12-15(14(21)13(10)19)22-17(23-16(12)26-2)25-9-18-4-3-5-24(18)8-11(20)7-18/h6,11H,3-5,7-9H2,1-2H3/t11-,18?/m1/s1. The van der Waals surface area contributed by atoms with E-state index < -0.39 is 12.0 Å². The van der Waals surface area contributed by atoms with Crippen LogP contribution in [0, 0.1) is 12.7 Å². The number of fused-ring (bicyclic) bond motifs is 2. The summed E-state index contributed by atoms with van der Waals surface area (Å²) in [6.07, 6.45) is 3.46. The summed E-state index contributed by atoms with van der Waals surface area (Å²) in [6.45, 7) is 3.43. The average Bonchev–Trinajstić information content (AvgIpc) is 3.13. The molecule has 8 heteroatoms. The molecule has 0 spiro atoms. The lowest BCUT2D eigenvalue weighted by Gasteiger charge is -2.30. The van der Waals surface area contributed by atoms with Gasteiger partial charge in [0.25, 0.3) is 0 Å². The Balaban J connectivity index is 1.67. The molecule has 0 saturated carbocycles. The summed E-state index contributed by atoms with van der Waals surface area (Å²) < 4.78 is 34.4. The van der Waals surface area contributed by atoms with E-state index in [0.717, 1.165) is 19.4 Å². The molecule has 2 aliphatic rings. The molecule has 0 N–H and O–H groups in total. The van der Waals surface area contributed by atoms with E-state index in [0.29, 0.717) is 35.5 Å². The minimum absolute atomic E-state index is 0.0887. The van der Waals surface area contributed by atoms with Crippen LogP contribution in [-0.4, -0.2) is 60.4 Å². The molecule has 4 nitrogen and oxygen atoms in total. The van der Waals surface area contributed by atoms with Gasteiger partial charge in [0.1, 0.15) is 37.0 Å². The van der Waals surface area contributed by atoms with E-state index in [1.807, 2.05) is 6.26 Å². The Morgan fingerprint density at radius 1 is 1.46 bits per heavy atom. The van der Waals surface area contributed by atoms with E-state index in [1.54, 1.807) is 13.0 Å². The number of aromatic nitrogens is 2. The van der Waals surface area contributed by atoms with Gasteiger partial charge < -0.3 is 4.74 Å². The van der Waals surface area contributed by atoms with Crippen LogP contribution in [0.2, 0.25) is 0 Å². The van der Waals surface area contributed by atoms with Gasteiger partial charge in [-0.3, -0.25) is 4.90 Å². The maximum atomic E-state index is 14.6. The van der Waals surface area contributed by atoms with Crippen LogP contribution < -0.4 is 10.2 Å². The number of hydrogen-bond donors (Lipinski definition) is 0. The van der Waals surface area contributed by atoms with Crippen LogP contribution in [0.25, 0.3) is 10.9 Å². The Bertz CT molecular complexity index is 868. The maximum absolute atomic E-state index is 14.6. The van der Waals surface area contributed by atoms with Crippen molar-refractivity contribution in [2.24, 2.45) is 0 Å². The van der Waals surface area contributed by atoms with Crippen molar-refractivity contribution in [2.45, 2.75) is 42.9 Å². The second kappa shape index (κ2) is 6.64. The quantitative estimate of drug-likeness (QED) is 0.467. The van der Waals surface area contributed by atoms with Crippen molar-refractivity contribution in [3.05, 3.63) is 17.4 Å². The van der Waals surface area contributed by atoms with Crippen LogP contribution in [0.1, 0.15) is 24.8 Å². The minimum atomic E-state index is -0.821. The zero-order valence-electron chi connectivity index (χ0n) is 14.9. The number of ether oxygens (including phenoxy) is 1. The van der Waals surface area contributed by atoms with Gasteiger partial charge in [-0.25, -0.2) is 8.78 Å². The van der Waals surface area contributed by atoms with Crippen molar-refractivity contribution in [1.29, 1.82) is 0 Å². The van der Waals surface area contributed by atoms with Gasteiger partial charge in [-0.2, -0.15) is 9.97 Å². The fourth-order valence-corrected chi connectivity index (χ4v) is 4.73. The fraction of sp³-hybridized carbons (Fsp3) is 0.556. The van der Waals surface area contributed by atoms with Crippen molar-refractivity contribution >= 4 is 36.0 Å². The third-order valence-corrected chi connectivity index (χ3v) is 6.24. The zero-order valence-corrected chi connectivity index (χ0v) is 15.7. The Morgan fingerprint density at radius 2 is 2.27 bits per heavy atom. The van der Waals surface area contributed by atoms with Crippen molar-refractivity contribution in [3.63, 3.8) is 0 Å². The number of hydrogen-bond acceptors (Lipinski definition) is 5. The Hall–Kier alpha value is -1.41. The van der Waals surface area contributed by atoms with Crippen molar-refractivity contribution in [3.8, 4) is 6.01 Å². The Labute approximate surface area is 157 Å². The lowest BCUT2D eigenvalue weighted by Crippen LogP contribution is -2.43. The molecule has 0 aliphatic carbocycles. The third kappa shape index (κ3) is 2.87. The SMILES string of the molecule is [B]c1c(C)cc2c(SC)nc(OCC34CCCN3C[C@H](F)C4)nc2c1F. The Morgan fingerprint density at radius 3 is 3.04 bits per heavy atom. The molecule has 0 amide bonds. The molecule has 26 heavy (non-hydrogen) atoms. The fourth-order valence-electron chi connectivity index (χ4n) is 4.19. The number of halogens is 2. The molecule has 2 fully saturated rings. The minimum Gasteiger partial charge on any atom is -0.461 e. The highest BCUT2D eigenvalue weighted by molar-refractivity contribution is 7.98. The number of nitrogens with zero attached hydrogens (tertiary/aromatic N) is 3. The van der Waals surface area contributed by atoms with Crippen molar-refractivity contribution < 1.29 is 13.5 Å². The molecule has 2 radical (unpaired) electrons. The topological polar surface area (TPSA) is 38.2 Å². The van der Waals surface area contributed by atoms with E-state index in [-0.39, 0.29) is 22.5 Å². The first-order valence-corrected chi connectivity index (χ1v) is 9.98. The van der Waals surface area contributed by atoms with E-state index in [9.17, 15) is 8.78 Å². The molecule has 1 aromatic carbocycles. The van der Waals surface area contributed by atoms with Crippen molar-refractivity contribution in [1.82, 2.24) is 14.9 Å². The number of thioether (sulfide) groups is 1. The normalized spacial score (nSPS) is 25.8. The van der Waals surface area contributed by atoms with Gasteiger partial charge in [0.05, 0.1) is 5.54 Å². The first-order valence-electron chi connectivity index (χ1n) is 8.76. The average molecular weight is 375 g/mol. The molecule has 2 atom stereocenters. The lowest BCUT2D eigenvalue weighted by molar-refractivity contribution is 0.107. The van der Waals surface area contributed by atoms with Gasteiger partial charge in [-0.15, -0.1) is 11.8 Å².